The van der Waals surface area contributed by atoms with Gasteiger partial charge < -0.3 is 5.32 Å². The Morgan fingerprint density at radius 3 is 2.14 bits per heavy atom. The van der Waals surface area contributed by atoms with E-state index in [1.807, 2.05) is 30.3 Å². The average molecular weight is 385 g/mol. The van der Waals surface area contributed by atoms with Crippen molar-refractivity contribution in [2.75, 3.05) is 13.1 Å². The molecule has 3 atom stereocenters. The molecule has 1 heterocycles. The normalized spacial score (nSPS) is 20.3. The first kappa shape index (κ1) is 19.4. The van der Waals surface area contributed by atoms with Crippen molar-refractivity contribution in [1.29, 1.82) is 0 Å². The second-order valence-corrected chi connectivity index (χ2v) is 7.94. The summed E-state index contributed by atoms with van der Waals surface area (Å²) in [6.45, 7) is 4.61. The van der Waals surface area contributed by atoms with Crippen LogP contribution in [0.1, 0.15) is 35.6 Å². The van der Waals surface area contributed by atoms with Crippen molar-refractivity contribution in [2.45, 2.75) is 25.4 Å². The van der Waals surface area contributed by atoms with Crippen molar-refractivity contribution in [3.8, 4) is 0 Å². The molecule has 3 heteroatoms. The maximum atomic E-state index is 13.3. The maximum Gasteiger partial charge on any atom is 0.225 e. The number of carbonyl (C=O) groups is 1. The van der Waals surface area contributed by atoms with E-state index in [-0.39, 0.29) is 23.8 Å². The standard InChI is InChI=1S/C26H28N2O/c1-20(22-13-7-3-8-14-22)27-26(29)25-19-28(17-21-11-5-2-6-12-21)18-24(25)23-15-9-4-10-16-23/h2-16,20,24-25H,17-19H2,1H3,(H,27,29)/t20-,24+,25-/m0/s1. The van der Waals surface area contributed by atoms with E-state index < -0.39 is 0 Å². The Hall–Kier alpha value is -2.91. The molecule has 1 fully saturated rings. The van der Waals surface area contributed by atoms with Crippen LogP contribution in [-0.2, 0) is 11.3 Å². The van der Waals surface area contributed by atoms with Gasteiger partial charge in [0.1, 0.15) is 0 Å². The van der Waals surface area contributed by atoms with E-state index in [0.29, 0.717) is 0 Å². The molecule has 0 unspecified atom stereocenters. The number of likely N-dealkylation sites (tertiary alicyclic amines) is 1. The van der Waals surface area contributed by atoms with E-state index in [1.54, 1.807) is 0 Å². The van der Waals surface area contributed by atoms with Crippen molar-refractivity contribution in [1.82, 2.24) is 10.2 Å². The molecule has 0 bridgehead atoms. The monoisotopic (exact) mass is 384 g/mol. The van der Waals surface area contributed by atoms with E-state index in [0.717, 1.165) is 25.2 Å². The summed E-state index contributed by atoms with van der Waals surface area (Å²) in [7, 11) is 0. The minimum absolute atomic E-state index is 0.00305. The van der Waals surface area contributed by atoms with Crippen LogP contribution in [0.25, 0.3) is 0 Å². The Bertz CT molecular complexity index is 911. The number of nitrogens with one attached hydrogen (secondary N) is 1. The first-order valence-electron chi connectivity index (χ1n) is 10.4. The number of carbonyl (C=O) groups excluding carboxylic acids is 1. The molecule has 29 heavy (non-hydrogen) atoms. The largest absolute Gasteiger partial charge is 0.349 e. The molecular formula is C26H28N2O. The third kappa shape index (κ3) is 4.75. The molecule has 0 aromatic heterocycles. The van der Waals surface area contributed by atoms with E-state index >= 15 is 0 Å². The molecule has 1 aliphatic rings. The zero-order valence-electron chi connectivity index (χ0n) is 16.9. The van der Waals surface area contributed by atoms with Crippen LogP contribution >= 0.6 is 0 Å². The highest BCUT2D eigenvalue weighted by Crippen LogP contribution is 2.34. The molecule has 0 radical (unpaired) electrons. The number of hydrogen-bond donors (Lipinski definition) is 1. The van der Waals surface area contributed by atoms with Gasteiger partial charge in [-0.1, -0.05) is 91.0 Å². The minimum Gasteiger partial charge on any atom is -0.349 e. The molecule has 4 rings (SSSR count). The summed E-state index contributed by atoms with van der Waals surface area (Å²) >= 11 is 0. The molecule has 148 valence electrons. The van der Waals surface area contributed by atoms with Crippen LogP contribution < -0.4 is 5.32 Å². The number of benzene rings is 3. The smallest absolute Gasteiger partial charge is 0.225 e. The van der Waals surface area contributed by atoms with Gasteiger partial charge in [-0.2, -0.15) is 0 Å². The quantitative estimate of drug-likeness (QED) is 0.663. The third-order valence-corrected chi connectivity index (χ3v) is 5.87. The highest BCUT2D eigenvalue weighted by molar-refractivity contribution is 5.81. The lowest BCUT2D eigenvalue weighted by Crippen LogP contribution is -2.36. The van der Waals surface area contributed by atoms with Gasteiger partial charge in [0.05, 0.1) is 12.0 Å². The first-order valence-corrected chi connectivity index (χ1v) is 10.4. The molecule has 3 aromatic carbocycles. The lowest BCUT2D eigenvalue weighted by Gasteiger charge is -2.21. The van der Waals surface area contributed by atoms with Crippen LogP contribution in [0.15, 0.2) is 91.0 Å². The van der Waals surface area contributed by atoms with Crippen LogP contribution in [-0.4, -0.2) is 23.9 Å². The van der Waals surface area contributed by atoms with Gasteiger partial charge >= 0.3 is 0 Å². The fourth-order valence-electron chi connectivity index (χ4n) is 4.31. The predicted octanol–water partition coefficient (Wildman–Crippen LogP) is 4.78. The zero-order valence-corrected chi connectivity index (χ0v) is 16.9. The molecule has 1 aliphatic heterocycles. The molecule has 1 N–H and O–H groups in total. The zero-order chi connectivity index (χ0) is 20.1. The Balaban J connectivity index is 1.51. The Morgan fingerprint density at radius 2 is 1.48 bits per heavy atom. The molecule has 0 spiro atoms. The molecule has 3 nitrogen and oxygen atoms in total. The summed E-state index contributed by atoms with van der Waals surface area (Å²) in [5, 5.41) is 3.26. The fraction of sp³-hybridized carbons (Fsp3) is 0.269. The Kier molecular flexibility index (Phi) is 6.06. The summed E-state index contributed by atoms with van der Waals surface area (Å²) in [5.74, 6) is 0.306. The van der Waals surface area contributed by atoms with Gasteiger partial charge in [-0.25, -0.2) is 0 Å². The third-order valence-electron chi connectivity index (χ3n) is 5.87. The van der Waals surface area contributed by atoms with Gasteiger partial charge in [-0.15, -0.1) is 0 Å². The summed E-state index contributed by atoms with van der Waals surface area (Å²) in [5.41, 5.74) is 3.67. The van der Waals surface area contributed by atoms with Crippen LogP contribution in [0.3, 0.4) is 0 Å². The highest BCUT2D eigenvalue weighted by atomic mass is 16.2. The minimum atomic E-state index is -0.0488. The van der Waals surface area contributed by atoms with E-state index in [9.17, 15) is 4.79 Å². The number of hydrogen-bond acceptors (Lipinski definition) is 2. The lowest BCUT2D eigenvalue weighted by atomic mass is 9.88. The van der Waals surface area contributed by atoms with Crippen molar-refractivity contribution < 1.29 is 4.79 Å². The molecule has 1 amide bonds. The van der Waals surface area contributed by atoms with Crippen LogP contribution in [0.5, 0.6) is 0 Å². The first-order chi connectivity index (χ1) is 14.2. The van der Waals surface area contributed by atoms with Crippen molar-refractivity contribution in [2.24, 2.45) is 5.92 Å². The van der Waals surface area contributed by atoms with Crippen LogP contribution in [0.4, 0.5) is 0 Å². The topological polar surface area (TPSA) is 32.3 Å². The number of amides is 1. The van der Waals surface area contributed by atoms with Crippen molar-refractivity contribution >= 4 is 5.91 Å². The van der Waals surface area contributed by atoms with Crippen LogP contribution in [0.2, 0.25) is 0 Å². The van der Waals surface area contributed by atoms with Crippen LogP contribution in [0, 0.1) is 5.92 Å². The van der Waals surface area contributed by atoms with Crippen molar-refractivity contribution in [3.05, 3.63) is 108 Å². The van der Waals surface area contributed by atoms with Gasteiger partial charge in [0.15, 0.2) is 0 Å². The van der Waals surface area contributed by atoms with E-state index in [1.165, 1.54) is 11.1 Å². The lowest BCUT2D eigenvalue weighted by molar-refractivity contribution is -0.125. The Labute approximate surface area is 173 Å². The molecular weight excluding hydrogens is 356 g/mol. The van der Waals surface area contributed by atoms with Gasteiger partial charge in [-0.05, 0) is 23.6 Å². The molecule has 0 saturated carbocycles. The molecule has 0 aliphatic carbocycles. The molecule has 3 aromatic rings. The summed E-state index contributed by atoms with van der Waals surface area (Å²) in [6, 6.07) is 31.1. The molecule has 1 saturated heterocycles. The number of nitrogens with zero attached hydrogens (tertiary/aromatic N) is 1. The van der Waals surface area contributed by atoms with Crippen molar-refractivity contribution in [3.63, 3.8) is 0 Å². The summed E-state index contributed by atoms with van der Waals surface area (Å²) in [6.07, 6.45) is 0. The van der Waals surface area contributed by atoms with Gasteiger partial charge in [0.25, 0.3) is 0 Å². The van der Waals surface area contributed by atoms with Gasteiger partial charge in [0, 0.05) is 25.6 Å². The summed E-state index contributed by atoms with van der Waals surface area (Å²) < 4.78 is 0. The van der Waals surface area contributed by atoms with Gasteiger partial charge in [-0.3, -0.25) is 9.69 Å². The second-order valence-electron chi connectivity index (χ2n) is 7.94. The Morgan fingerprint density at radius 1 is 0.897 bits per heavy atom. The second kappa shape index (κ2) is 9.06. The maximum absolute atomic E-state index is 13.3. The SMILES string of the molecule is C[C@H](NC(=O)[C@H]1CN(Cc2ccccc2)C[C@@H]1c1ccccc1)c1ccccc1. The predicted molar refractivity (Wildman–Crippen MR) is 117 cm³/mol. The fourth-order valence-corrected chi connectivity index (χ4v) is 4.31. The number of rotatable bonds is 6. The average Bonchev–Trinajstić information content (AvgIpc) is 3.19. The highest BCUT2D eigenvalue weighted by Gasteiger charge is 2.38. The van der Waals surface area contributed by atoms with E-state index in [2.05, 4.69) is 77.8 Å². The van der Waals surface area contributed by atoms with E-state index in [4.69, 9.17) is 0 Å². The summed E-state index contributed by atoms with van der Waals surface area (Å²) in [4.78, 5) is 15.7. The van der Waals surface area contributed by atoms with Gasteiger partial charge in [0.2, 0.25) is 5.91 Å².